The third-order valence-electron chi connectivity index (χ3n) is 3.88. The molecule has 0 aliphatic heterocycles. The van der Waals surface area contributed by atoms with Crippen LogP contribution in [0.15, 0.2) is 48.7 Å². The average Bonchev–Trinajstić information content (AvgIpc) is 2.61. The van der Waals surface area contributed by atoms with Crippen molar-refractivity contribution in [3.05, 3.63) is 59.9 Å². The van der Waals surface area contributed by atoms with Crippen LogP contribution in [0.2, 0.25) is 0 Å². The van der Waals surface area contributed by atoms with Crippen molar-refractivity contribution in [2.75, 3.05) is 14.2 Å². The lowest BCUT2D eigenvalue weighted by molar-refractivity contribution is -0.274. The summed E-state index contributed by atoms with van der Waals surface area (Å²) in [5, 5.41) is 1.82. The zero-order valence-electron chi connectivity index (χ0n) is 14.5. The van der Waals surface area contributed by atoms with Crippen LogP contribution < -0.4 is 14.2 Å². The summed E-state index contributed by atoms with van der Waals surface area (Å²) >= 11 is 0. The number of rotatable bonds is 5. The molecule has 0 atom stereocenters. The maximum absolute atomic E-state index is 12.2. The van der Waals surface area contributed by atoms with E-state index in [1.54, 1.807) is 32.5 Å². The Bertz CT molecular complexity index is 914. The van der Waals surface area contributed by atoms with Crippen LogP contribution in [0.4, 0.5) is 13.2 Å². The molecule has 0 N–H and O–H groups in total. The molecule has 1 aromatic heterocycles. The number of fused-ring (bicyclic) bond motifs is 1. The van der Waals surface area contributed by atoms with Gasteiger partial charge in [0.25, 0.3) is 0 Å². The number of nitrogens with zero attached hydrogens (tertiary/aromatic N) is 1. The fraction of sp³-hybridized carbons (Fsp3) is 0.211. The molecule has 0 radical (unpaired) electrons. The second-order valence-corrected chi connectivity index (χ2v) is 5.55. The van der Waals surface area contributed by atoms with Crippen LogP contribution in [-0.4, -0.2) is 25.6 Å². The van der Waals surface area contributed by atoms with Gasteiger partial charge in [-0.15, -0.1) is 25.6 Å². The highest BCUT2D eigenvalue weighted by molar-refractivity contribution is 5.88. The Kier molecular flexibility index (Phi) is 6.38. The van der Waals surface area contributed by atoms with Gasteiger partial charge >= 0.3 is 6.36 Å². The molecule has 0 amide bonds. The molecule has 8 heteroatoms. The number of aromatic nitrogens is 1. The van der Waals surface area contributed by atoms with Gasteiger partial charge in [-0.05, 0) is 41.3 Å². The lowest BCUT2D eigenvalue weighted by Crippen LogP contribution is -2.17. The first-order chi connectivity index (χ1) is 12.4. The van der Waals surface area contributed by atoms with E-state index < -0.39 is 6.36 Å². The van der Waals surface area contributed by atoms with E-state index in [1.165, 1.54) is 12.1 Å². The van der Waals surface area contributed by atoms with Crippen LogP contribution in [0.1, 0.15) is 11.3 Å². The smallest absolute Gasteiger partial charge is 0.493 e. The molecule has 0 unspecified atom stereocenters. The fourth-order valence-corrected chi connectivity index (χ4v) is 2.70. The van der Waals surface area contributed by atoms with Gasteiger partial charge in [0, 0.05) is 18.0 Å². The van der Waals surface area contributed by atoms with Crippen molar-refractivity contribution in [2.24, 2.45) is 0 Å². The van der Waals surface area contributed by atoms with E-state index in [0.717, 1.165) is 22.0 Å². The number of benzene rings is 2. The summed E-state index contributed by atoms with van der Waals surface area (Å²) in [6, 6.07) is 11.3. The van der Waals surface area contributed by atoms with E-state index in [2.05, 4.69) is 9.72 Å². The van der Waals surface area contributed by atoms with Gasteiger partial charge in [-0.3, -0.25) is 4.98 Å². The summed E-state index contributed by atoms with van der Waals surface area (Å²) in [5.41, 5.74) is 1.60. The molecule has 0 saturated heterocycles. The highest BCUT2D eigenvalue weighted by atomic mass is 35.5. The predicted molar refractivity (Wildman–Crippen MR) is 98.0 cm³/mol. The molecule has 3 aromatic rings. The first kappa shape index (κ1) is 20.6. The number of ether oxygens (including phenoxy) is 3. The largest absolute Gasteiger partial charge is 0.573 e. The van der Waals surface area contributed by atoms with Crippen LogP contribution >= 0.6 is 12.4 Å². The van der Waals surface area contributed by atoms with Crippen LogP contribution in [0.3, 0.4) is 0 Å². The third kappa shape index (κ3) is 4.95. The van der Waals surface area contributed by atoms with Gasteiger partial charge in [-0.25, -0.2) is 0 Å². The molecular weight excluding hydrogens is 383 g/mol. The average molecular weight is 400 g/mol. The predicted octanol–water partition coefficient (Wildman–Crippen LogP) is 5.16. The lowest BCUT2D eigenvalue weighted by Gasteiger charge is -2.12. The van der Waals surface area contributed by atoms with Crippen LogP contribution in [0, 0.1) is 0 Å². The number of pyridine rings is 1. The molecule has 144 valence electrons. The number of hydrogen-bond acceptors (Lipinski definition) is 4. The minimum absolute atomic E-state index is 0. The molecule has 0 aliphatic rings. The monoisotopic (exact) mass is 399 g/mol. The summed E-state index contributed by atoms with van der Waals surface area (Å²) in [6.07, 6.45) is -2.56. The topological polar surface area (TPSA) is 40.6 Å². The summed E-state index contributed by atoms with van der Waals surface area (Å²) in [6.45, 7) is 0. The second kappa shape index (κ2) is 8.35. The standard InChI is InChI=1S/C19H16F3NO3.ClH/c1-24-17-10-13-7-8-23-16(15(13)11-18(17)25-2)9-12-3-5-14(6-4-12)26-19(20,21)22;/h3-8,10-11H,9H2,1-2H3;1H. The quantitative estimate of drug-likeness (QED) is 0.594. The van der Waals surface area contributed by atoms with Gasteiger partial charge in [0.05, 0.1) is 19.9 Å². The second-order valence-electron chi connectivity index (χ2n) is 5.55. The Balaban J connectivity index is 0.00000261. The van der Waals surface area contributed by atoms with Crippen molar-refractivity contribution in [2.45, 2.75) is 12.8 Å². The Morgan fingerprint density at radius 3 is 2.15 bits per heavy atom. The maximum Gasteiger partial charge on any atom is 0.573 e. The van der Waals surface area contributed by atoms with Crippen molar-refractivity contribution < 1.29 is 27.4 Å². The molecule has 0 saturated carbocycles. The molecule has 0 bridgehead atoms. The summed E-state index contributed by atoms with van der Waals surface area (Å²) in [4.78, 5) is 4.41. The van der Waals surface area contributed by atoms with E-state index in [0.29, 0.717) is 17.9 Å². The molecule has 0 aliphatic carbocycles. The van der Waals surface area contributed by atoms with Crippen LogP contribution in [-0.2, 0) is 6.42 Å². The number of hydrogen-bond donors (Lipinski definition) is 0. The van der Waals surface area contributed by atoms with Crippen LogP contribution in [0.25, 0.3) is 10.8 Å². The van der Waals surface area contributed by atoms with E-state index >= 15 is 0 Å². The van der Waals surface area contributed by atoms with Crippen molar-refractivity contribution >= 4 is 23.2 Å². The molecular formula is C19H17ClF3NO3. The van der Waals surface area contributed by atoms with Crippen molar-refractivity contribution in [3.63, 3.8) is 0 Å². The van der Waals surface area contributed by atoms with E-state index in [1.807, 2.05) is 18.2 Å². The first-order valence-corrected chi connectivity index (χ1v) is 7.74. The minimum atomic E-state index is -4.70. The summed E-state index contributed by atoms with van der Waals surface area (Å²) < 4.78 is 51.3. The molecule has 27 heavy (non-hydrogen) atoms. The van der Waals surface area contributed by atoms with Gasteiger partial charge in [0.1, 0.15) is 5.75 Å². The van der Waals surface area contributed by atoms with E-state index in [-0.39, 0.29) is 18.2 Å². The van der Waals surface area contributed by atoms with Crippen molar-refractivity contribution in [1.82, 2.24) is 4.98 Å². The van der Waals surface area contributed by atoms with Gasteiger partial charge in [0.15, 0.2) is 11.5 Å². The molecule has 1 heterocycles. The van der Waals surface area contributed by atoms with E-state index in [9.17, 15) is 13.2 Å². The molecule has 3 rings (SSSR count). The number of halogens is 4. The molecule has 0 fully saturated rings. The Labute approximate surface area is 160 Å². The molecule has 2 aromatic carbocycles. The maximum atomic E-state index is 12.2. The normalized spacial score (nSPS) is 11.0. The SMILES string of the molecule is COc1cc2ccnc(Cc3ccc(OC(F)(F)F)cc3)c2cc1OC.Cl. The summed E-state index contributed by atoms with van der Waals surface area (Å²) in [7, 11) is 3.12. The Hall–Kier alpha value is -2.67. The lowest BCUT2D eigenvalue weighted by atomic mass is 10.0. The number of alkyl halides is 3. The van der Waals surface area contributed by atoms with E-state index in [4.69, 9.17) is 9.47 Å². The zero-order chi connectivity index (χ0) is 18.7. The van der Waals surface area contributed by atoms with Gasteiger partial charge < -0.3 is 14.2 Å². The van der Waals surface area contributed by atoms with Crippen molar-refractivity contribution in [1.29, 1.82) is 0 Å². The number of methoxy groups -OCH3 is 2. The van der Waals surface area contributed by atoms with Gasteiger partial charge in [0.2, 0.25) is 0 Å². The van der Waals surface area contributed by atoms with Gasteiger partial charge in [-0.2, -0.15) is 0 Å². The highest BCUT2D eigenvalue weighted by Crippen LogP contribution is 2.33. The zero-order valence-corrected chi connectivity index (χ0v) is 15.4. The Morgan fingerprint density at radius 2 is 1.56 bits per heavy atom. The Morgan fingerprint density at radius 1 is 0.926 bits per heavy atom. The fourth-order valence-electron chi connectivity index (χ4n) is 2.70. The third-order valence-corrected chi connectivity index (χ3v) is 3.88. The molecule has 4 nitrogen and oxygen atoms in total. The highest BCUT2D eigenvalue weighted by Gasteiger charge is 2.30. The van der Waals surface area contributed by atoms with Crippen molar-refractivity contribution in [3.8, 4) is 17.2 Å². The van der Waals surface area contributed by atoms with Crippen LogP contribution in [0.5, 0.6) is 17.2 Å². The first-order valence-electron chi connectivity index (χ1n) is 7.74. The minimum Gasteiger partial charge on any atom is -0.493 e. The summed E-state index contributed by atoms with van der Waals surface area (Å²) in [5.74, 6) is 0.951. The molecule has 0 spiro atoms. The van der Waals surface area contributed by atoms with Gasteiger partial charge in [-0.1, -0.05) is 12.1 Å².